The molecule has 0 unspecified atom stereocenters. The monoisotopic (exact) mass is 363 g/mol. The van der Waals surface area contributed by atoms with Gasteiger partial charge in [0.1, 0.15) is 5.69 Å². The number of imide groups is 1. The predicted octanol–water partition coefficient (Wildman–Crippen LogP) is 2.60. The van der Waals surface area contributed by atoms with E-state index in [-0.39, 0.29) is 29.5 Å². The first-order valence-electron chi connectivity index (χ1n) is 9.17. The van der Waals surface area contributed by atoms with Gasteiger partial charge in [-0.25, -0.2) is 0 Å². The molecule has 6 nitrogen and oxygen atoms in total. The van der Waals surface area contributed by atoms with Crippen LogP contribution in [0.1, 0.15) is 55.2 Å². The Morgan fingerprint density at radius 1 is 1.04 bits per heavy atom. The van der Waals surface area contributed by atoms with Gasteiger partial charge in [-0.15, -0.1) is 0 Å². The van der Waals surface area contributed by atoms with Crippen LogP contribution in [0, 0.1) is 13.8 Å². The predicted molar refractivity (Wildman–Crippen MR) is 99.6 cm³/mol. The van der Waals surface area contributed by atoms with Crippen molar-refractivity contribution in [2.75, 3.05) is 13.1 Å². The van der Waals surface area contributed by atoms with Crippen LogP contribution in [-0.4, -0.2) is 51.6 Å². The highest BCUT2D eigenvalue weighted by atomic mass is 16.2. The minimum Gasteiger partial charge on any atom is -0.338 e. The number of likely N-dealkylation sites (tertiary alicyclic amines) is 1. The number of carbonyl (C=O) groups is 3. The highest BCUT2D eigenvalue weighted by Crippen LogP contribution is 2.27. The fourth-order valence-corrected chi connectivity index (χ4v) is 3.80. The van der Waals surface area contributed by atoms with Gasteiger partial charge < -0.3 is 4.90 Å². The lowest BCUT2D eigenvalue weighted by molar-refractivity contribution is 0.0477. The summed E-state index contributed by atoms with van der Waals surface area (Å²) in [5.41, 5.74) is 3.53. The fraction of sp³-hybridized carbons (Fsp3) is 0.333. The maximum Gasteiger partial charge on any atom is 0.280 e. The van der Waals surface area contributed by atoms with Crippen molar-refractivity contribution < 1.29 is 14.4 Å². The van der Waals surface area contributed by atoms with Crippen LogP contribution in [-0.2, 0) is 0 Å². The number of pyridine rings is 1. The zero-order chi connectivity index (χ0) is 19.1. The molecule has 27 heavy (non-hydrogen) atoms. The van der Waals surface area contributed by atoms with E-state index in [4.69, 9.17) is 0 Å². The van der Waals surface area contributed by atoms with Crippen molar-refractivity contribution in [3.05, 3.63) is 64.5 Å². The molecule has 6 heteroatoms. The van der Waals surface area contributed by atoms with Crippen LogP contribution in [0.4, 0.5) is 0 Å². The third-order valence-corrected chi connectivity index (χ3v) is 5.55. The normalized spacial score (nSPS) is 17.4. The van der Waals surface area contributed by atoms with E-state index in [0.29, 0.717) is 37.1 Å². The number of hydrogen-bond donors (Lipinski definition) is 0. The summed E-state index contributed by atoms with van der Waals surface area (Å²) in [6.45, 7) is 5.06. The summed E-state index contributed by atoms with van der Waals surface area (Å²) in [5, 5.41) is 0. The van der Waals surface area contributed by atoms with Crippen LogP contribution < -0.4 is 0 Å². The van der Waals surface area contributed by atoms with Crippen molar-refractivity contribution in [2.45, 2.75) is 32.7 Å². The molecule has 2 aromatic rings. The molecule has 3 amide bonds. The number of amides is 3. The first-order valence-corrected chi connectivity index (χ1v) is 9.17. The Kier molecular flexibility index (Phi) is 4.26. The van der Waals surface area contributed by atoms with E-state index >= 15 is 0 Å². The zero-order valence-corrected chi connectivity index (χ0v) is 15.4. The van der Waals surface area contributed by atoms with Crippen molar-refractivity contribution in [1.29, 1.82) is 0 Å². The second-order valence-corrected chi connectivity index (χ2v) is 7.20. The number of aryl methyl sites for hydroxylation is 2. The summed E-state index contributed by atoms with van der Waals surface area (Å²) in [4.78, 5) is 45.1. The second kappa shape index (κ2) is 6.61. The van der Waals surface area contributed by atoms with E-state index in [1.54, 1.807) is 17.0 Å². The number of hydrogen-bond acceptors (Lipinski definition) is 4. The van der Waals surface area contributed by atoms with Crippen LogP contribution in [0.3, 0.4) is 0 Å². The number of aromatic nitrogens is 1. The minimum atomic E-state index is -0.325. The number of piperidine rings is 1. The summed E-state index contributed by atoms with van der Waals surface area (Å²) in [5.74, 6) is -0.600. The largest absolute Gasteiger partial charge is 0.338 e. The van der Waals surface area contributed by atoms with Gasteiger partial charge in [0, 0.05) is 30.9 Å². The van der Waals surface area contributed by atoms with Crippen LogP contribution in [0.5, 0.6) is 0 Å². The van der Waals surface area contributed by atoms with Crippen molar-refractivity contribution in [2.24, 2.45) is 0 Å². The quantitative estimate of drug-likeness (QED) is 0.769. The minimum absolute atomic E-state index is 0.000535. The molecular formula is C21H21N3O3. The van der Waals surface area contributed by atoms with Crippen LogP contribution >= 0.6 is 0 Å². The van der Waals surface area contributed by atoms with Crippen LogP contribution in [0.15, 0.2) is 36.5 Å². The van der Waals surface area contributed by atoms with Crippen molar-refractivity contribution >= 4 is 17.7 Å². The molecule has 3 heterocycles. The maximum atomic E-state index is 12.8. The average Bonchev–Trinajstić information content (AvgIpc) is 2.94. The summed E-state index contributed by atoms with van der Waals surface area (Å²) in [6, 6.07) is 8.84. The third-order valence-electron chi connectivity index (χ3n) is 5.55. The SMILES string of the molecule is Cc1ccc(C(=O)N2CCC(N3C(=O)c4cccnc4C3=O)CC2)cc1C. The lowest BCUT2D eigenvalue weighted by Gasteiger charge is -2.35. The Balaban J connectivity index is 1.45. The summed E-state index contributed by atoms with van der Waals surface area (Å²) < 4.78 is 0. The van der Waals surface area contributed by atoms with Gasteiger partial charge in [0.25, 0.3) is 17.7 Å². The zero-order valence-electron chi connectivity index (χ0n) is 15.4. The summed E-state index contributed by atoms with van der Waals surface area (Å²) >= 11 is 0. The Labute approximate surface area is 157 Å². The molecule has 1 fully saturated rings. The Hall–Kier alpha value is -3.02. The van der Waals surface area contributed by atoms with Crippen LogP contribution in [0.2, 0.25) is 0 Å². The first-order chi connectivity index (χ1) is 13.0. The van der Waals surface area contributed by atoms with E-state index in [0.717, 1.165) is 11.1 Å². The van der Waals surface area contributed by atoms with E-state index in [9.17, 15) is 14.4 Å². The Morgan fingerprint density at radius 3 is 2.44 bits per heavy atom. The van der Waals surface area contributed by atoms with Gasteiger partial charge in [-0.1, -0.05) is 6.07 Å². The molecule has 138 valence electrons. The maximum absolute atomic E-state index is 12.8. The first kappa shape index (κ1) is 17.4. The molecule has 0 aliphatic carbocycles. The molecule has 2 aliphatic heterocycles. The van der Waals surface area contributed by atoms with E-state index in [1.165, 1.54) is 11.1 Å². The number of rotatable bonds is 2. The molecule has 0 N–H and O–H groups in total. The van der Waals surface area contributed by atoms with Gasteiger partial charge in [-0.3, -0.25) is 24.3 Å². The molecule has 4 rings (SSSR count). The van der Waals surface area contributed by atoms with Gasteiger partial charge in [0.05, 0.1) is 5.56 Å². The van der Waals surface area contributed by atoms with Crippen molar-refractivity contribution in [1.82, 2.24) is 14.8 Å². The average molecular weight is 363 g/mol. The van der Waals surface area contributed by atoms with Gasteiger partial charge in [0.15, 0.2) is 0 Å². The summed E-state index contributed by atoms with van der Waals surface area (Å²) in [7, 11) is 0. The van der Waals surface area contributed by atoms with Gasteiger partial charge in [-0.2, -0.15) is 0 Å². The van der Waals surface area contributed by atoms with E-state index < -0.39 is 0 Å². The number of benzene rings is 1. The van der Waals surface area contributed by atoms with Crippen molar-refractivity contribution in [3.63, 3.8) is 0 Å². The molecule has 2 aliphatic rings. The number of carbonyl (C=O) groups excluding carboxylic acids is 3. The van der Waals surface area contributed by atoms with Gasteiger partial charge in [0.2, 0.25) is 0 Å². The van der Waals surface area contributed by atoms with Gasteiger partial charge >= 0.3 is 0 Å². The molecule has 0 spiro atoms. The third kappa shape index (κ3) is 2.91. The summed E-state index contributed by atoms with van der Waals surface area (Å²) in [6.07, 6.45) is 2.70. The highest BCUT2D eigenvalue weighted by molar-refractivity contribution is 6.20. The second-order valence-electron chi connectivity index (χ2n) is 7.20. The molecule has 0 radical (unpaired) electrons. The lowest BCUT2D eigenvalue weighted by atomic mass is 10.0. The molecule has 0 saturated carbocycles. The topological polar surface area (TPSA) is 70.6 Å². The van der Waals surface area contributed by atoms with E-state index in [2.05, 4.69) is 4.98 Å². The van der Waals surface area contributed by atoms with Crippen molar-refractivity contribution in [3.8, 4) is 0 Å². The molecule has 1 aromatic heterocycles. The fourth-order valence-electron chi connectivity index (χ4n) is 3.80. The van der Waals surface area contributed by atoms with Gasteiger partial charge in [-0.05, 0) is 62.1 Å². The Morgan fingerprint density at radius 2 is 1.78 bits per heavy atom. The number of fused-ring (bicyclic) bond motifs is 1. The standard InChI is InChI=1S/C21H21N3O3/c1-13-5-6-15(12-14(13)2)19(25)23-10-7-16(8-11-23)24-20(26)17-4-3-9-22-18(17)21(24)27/h3-6,9,12,16H,7-8,10-11H2,1-2H3. The van der Waals surface area contributed by atoms with Crippen LogP contribution in [0.25, 0.3) is 0 Å². The highest BCUT2D eigenvalue weighted by Gasteiger charge is 2.42. The molecule has 1 saturated heterocycles. The molecular weight excluding hydrogens is 342 g/mol. The van der Waals surface area contributed by atoms with E-state index in [1.807, 2.05) is 32.0 Å². The Bertz CT molecular complexity index is 910. The molecule has 0 bridgehead atoms. The lowest BCUT2D eigenvalue weighted by Crippen LogP contribution is -2.48. The smallest absolute Gasteiger partial charge is 0.280 e. The number of nitrogens with zero attached hydrogens (tertiary/aromatic N) is 3. The molecule has 0 atom stereocenters. The molecule has 1 aromatic carbocycles.